The number of para-hydroxylation sites is 1. The molecule has 2 aromatic rings. The Morgan fingerprint density at radius 3 is 2.06 bits per heavy atom. The van der Waals surface area contributed by atoms with Gasteiger partial charge in [0.2, 0.25) is 0 Å². The van der Waals surface area contributed by atoms with Crippen molar-refractivity contribution in [2.24, 2.45) is 0 Å². The Balaban J connectivity index is 0.000000199. The van der Waals surface area contributed by atoms with E-state index in [9.17, 15) is 8.78 Å². The largest absolute Gasteiger partial charge is 0.508 e. The predicted octanol–water partition coefficient (Wildman–Crippen LogP) is 4.13. The van der Waals surface area contributed by atoms with Crippen LogP contribution in [0, 0.1) is 11.6 Å². The minimum Gasteiger partial charge on any atom is -0.508 e. The normalized spacial score (nSPS) is 9.33. The van der Waals surface area contributed by atoms with Crippen molar-refractivity contribution >= 4 is 15.9 Å². The maximum atomic E-state index is 12.5. The number of methoxy groups -OCH3 is 1. The summed E-state index contributed by atoms with van der Waals surface area (Å²) < 4.78 is 30.0. The number of phenols is 1. The third kappa shape index (κ3) is 4.33. The van der Waals surface area contributed by atoms with Gasteiger partial charge in [-0.2, -0.15) is 0 Å². The first-order chi connectivity index (χ1) is 8.54. The van der Waals surface area contributed by atoms with Crippen LogP contribution in [0.4, 0.5) is 8.78 Å². The molecule has 0 aliphatic carbocycles. The molecule has 2 rings (SSSR count). The molecule has 0 aliphatic heterocycles. The van der Waals surface area contributed by atoms with E-state index in [2.05, 4.69) is 15.9 Å². The third-order valence-corrected chi connectivity index (χ3v) is 2.57. The molecule has 0 spiro atoms. The van der Waals surface area contributed by atoms with Crippen LogP contribution in [-0.2, 0) is 0 Å². The van der Waals surface area contributed by atoms with Gasteiger partial charge in [-0.05, 0) is 34.1 Å². The highest BCUT2D eigenvalue weighted by molar-refractivity contribution is 9.10. The van der Waals surface area contributed by atoms with Gasteiger partial charge in [0.15, 0.2) is 11.6 Å². The lowest BCUT2D eigenvalue weighted by molar-refractivity contribution is 0.403. The Morgan fingerprint density at radius 2 is 1.61 bits per heavy atom. The molecule has 2 nitrogen and oxygen atoms in total. The summed E-state index contributed by atoms with van der Waals surface area (Å²) >= 11 is 3.01. The average Bonchev–Trinajstić information content (AvgIpc) is 2.35. The molecule has 0 saturated carbocycles. The van der Waals surface area contributed by atoms with Gasteiger partial charge in [0, 0.05) is 6.07 Å². The lowest BCUT2D eigenvalue weighted by Gasteiger charge is -2.02. The van der Waals surface area contributed by atoms with Gasteiger partial charge in [0.25, 0.3) is 0 Å². The predicted molar refractivity (Wildman–Crippen MR) is 68.7 cm³/mol. The first kappa shape index (κ1) is 14.4. The van der Waals surface area contributed by atoms with E-state index in [1.807, 2.05) is 6.07 Å². The fourth-order valence-corrected chi connectivity index (χ4v) is 1.57. The fraction of sp³-hybridized carbons (Fsp3) is 0.0769. The topological polar surface area (TPSA) is 29.5 Å². The van der Waals surface area contributed by atoms with Crippen molar-refractivity contribution in [1.82, 2.24) is 0 Å². The summed E-state index contributed by atoms with van der Waals surface area (Å²) in [6.45, 7) is 0. The molecule has 0 heterocycles. The molecule has 5 heteroatoms. The molecule has 0 atom stereocenters. The highest BCUT2D eigenvalue weighted by atomic mass is 79.9. The quantitative estimate of drug-likeness (QED) is 0.802. The number of aromatic hydroxyl groups is 1. The van der Waals surface area contributed by atoms with Gasteiger partial charge in [-0.15, -0.1) is 0 Å². The second kappa shape index (κ2) is 6.96. The summed E-state index contributed by atoms with van der Waals surface area (Å²) in [5.41, 5.74) is 0. The van der Waals surface area contributed by atoms with Gasteiger partial charge < -0.3 is 9.84 Å². The fourth-order valence-electron chi connectivity index (χ4n) is 1.09. The lowest BCUT2D eigenvalue weighted by Crippen LogP contribution is -1.89. The van der Waals surface area contributed by atoms with Gasteiger partial charge in [-0.3, -0.25) is 0 Å². The van der Waals surface area contributed by atoms with Crippen LogP contribution in [0.25, 0.3) is 0 Å². The molecule has 0 aliphatic rings. The number of hydrogen-bond acceptors (Lipinski definition) is 2. The van der Waals surface area contributed by atoms with E-state index >= 15 is 0 Å². The second-order valence-electron chi connectivity index (χ2n) is 3.24. The smallest absolute Gasteiger partial charge is 0.162 e. The van der Waals surface area contributed by atoms with Crippen LogP contribution in [-0.4, -0.2) is 12.2 Å². The molecule has 1 N–H and O–H groups in total. The van der Waals surface area contributed by atoms with Crippen molar-refractivity contribution in [1.29, 1.82) is 0 Å². The molecule has 96 valence electrons. The minimum absolute atomic E-state index is 0.281. The average molecular weight is 317 g/mol. The number of hydrogen-bond donors (Lipinski definition) is 1. The van der Waals surface area contributed by atoms with Crippen molar-refractivity contribution in [2.75, 3.05) is 7.11 Å². The van der Waals surface area contributed by atoms with E-state index in [4.69, 9.17) is 9.84 Å². The Kier molecular flexibility index (Phi) is 5.58. The summed E-state index contributed by atoms with van der Waals surface area (Å²) in [6.07, 6.45) is 0. The van der Waals surface area contributed by atoms with Crippen LogP contribution >= 0.6 is 15.9 Å². The van der Waals surface area contributed by atoms with Gasteiger partial charge in [-0.1, -0.05) is 18.2 Å². The Bertz CT molecular complexity index is 504. The molecule has 0 bridgehead atoms. The monoisotopic (exact) mass is 316 g/mol. The Morgan fingerprint density at radius 1 is 1.06 bits per heavy atom. The molecular formula is C13H11BrF2O2. The first-order valence-electron chi connectivity index (χ1n) is 4.97. The van der Waals surface area contributed by atoms with Crippen LogP contribution in [0.5, 0.6) is 11.5 Å². The van der Waals surface area contributed by atoms with Crippen LogP contribution < -0.4 is 4.74 Å². The maximum absolute atomic E-state index is 12.5. The number of ether oxygens (including phenoxy) is 1. The molecule has 0 fully saturated rings. The van der Waals surface area contributed by atoms with E-state index in [0.29, 0.717) is 10.2 Å². The summed E-state index contributed by atoms with van der Waals surface area (Å²) in [4.78, 5) is 0. The lowest BCUT2D eigenvalue weighted by atomic mass is 10.3. The molecular weight excluding hydrogens is 306 g/mol. The number of halogens is 3. The minimum atomic E-state index is -0.912. The standard InChI is InChI=1S/C7H5BrF2O.C6H6O/c1-11-7-3-6(10)5(9)2-4(7)8;7-6-4-2-1-3-5-6/h2-3H,1H3;1-5,7H. The zero-order valence-corrected chi connectivity index (χ0v) is 11.1. The Labute approximate surface area is 112 Å². The van der Waals surface area contributed by atoms with Crippen molar-refractivity contribution in [3.63, 3.8) is 0 Å². The van der Waals surface area contributed by atoms with Gasteiger partial charge in [0.1, 0.15) is 11.5 Å². The van der Waals surface area contributed by atoms with Crippen molar-refractivity contribution in [2.45, 2.75) is 0 Å². The second-order valence-corrected chi connectivity index (χ2v) is 4.09. The van der Waals surface area contributed by atoms with E-state index in [0.717, 1.165) is 12.1 Å². The zero-order valence-electron chi connectivity index (χ0n) is 9.53. The van der Waals surface area contributed by atoms with Gasteiger partial charge in [0.05, 0.1) is 11.6 Å². The van der Waals surface area contributed by atoms with Gasteiger partial charge in [-0.25, -0.2) is 8.78 Å². The maximum Gasteiger partial charge on any atom is 0.162 e. The summed E-state index contributed by atoms with van der Waals surface area (Å²) in [5.74, 6) is -1.20. The van der Waals surface area contributed by atoms with Crippen molar-refractivity contribution < 1.29 is 18.6 Å². The number of benzene rings is 2. The molecule has 18 heavy (non-hydrogen) atoms. The molecule has 0 radical (unpaired) electrons. The van der Waals surface area contributed by atoms with E-state index < -0.39 is 11.6 Å². The van der Waals surface area contributed by atoms with Crippen LogP contribution in [0.1, 0.15) is 0 Å². The third-order valence-electron chi connectivity index (χ3n) is 1.95. The molecule has 0 unspecified atom stereocenters. The molecule has 0 amide bonds. The summed E-state index contributed by atoms with van der Waals surface area (Å²) in [7, 11) is 1.39. The molecule has 0 aromatic heterocycles. The Hall–Kier alpha value is -1.62. The van der Waals surface area contributed by atoms with E-state index in [1.165, 1.54) is 7.11 Å². The van der Waals surface area contributed by atoms with Gasteiger partial charge >= 0.3 is 0 Å². The highest BCUT2D eigenvalue weighted by Crippen LogP contribution is 2.26. The zero-order chi connectivity index (χ0) is 13.5. The summed E-state index contributed by atoms with van der Waals surface area (Å²) in [6, 6.07) is 10.7. The van der Waals surface area contributed by atoms with Crippen LogP contribution in [0.2, 0.25) is 0 Å². The number of rotatable bonds is 1. The molecule has 0 saturated heterocycles. The SMILES string of the molecule is COc1cc(F)c(F)cc1Br.Oc1ccccc1. The van der Waals surface area contributed by atoms with Crippen LogP contribution in [0.3, 0.4) is 0 Å². The first-order valence-corrected chi connectivity index (χ1v) is 5.76. The van der Waals surface area contributed by atoms with E-state index in [1.54, 1.807) is 24.3 Å². The van der Waals surface area contributed by atoms with Crippen LogP contribution in [0.15, 0.2) is 46.9 Å². The summed E-state index contributed by atoms with van der Waals surface area (Å²) in [5, 5.41) is 8.63. The molecule has 2 aromatic carbocycles. The highest BCUT2D eigenvalue weighted by Gasteiger charge is 2.07. The number of phenolic OH excluding ortho intramolecular Hbond substituents is 1. The van der Waals surface area contributed by atoms with E-state index in [-0.39, 0.29) is 5.75 Å². The van der Waals surface area contributed by atoms with Crippen molar-refractivity contribution in [3.05, 3.63) is 58.6 Å². The van der Waals surface area contributed by atoms with Crippen molar-refractivity contribution in [3.8, 4) is 11.5 Å².